The molecule has 0 amide bonds. The minimum absolute atomic E-state index is 0.101. The lowest BCUT2D eigenvalue weighted by molar-refractivity contribution is 0.545. The molecule has 0 aliphatic heterocycles. The predicted molar refractivity (Wildman–Crippen MR) is 63.0 cm³/mol. The molecular weight excluding hydrogens is 188 g/mol. The van der Waals surface area contributed by atoms with Gasteiger partial charge in [0.2, 0.25) is 0 Å². The van der Waals surface area contributed by atoms with Crippen LogP contribution in [0.5, 0.6) is 0 Å². The summed E-state index contributed by atoms with van der Waals surface area (Å²) in [6, 6.07) is 0. The summed E-state index contributed by atoms with van der Waals surface area (Å²) in [6.07, 6.45) is 11.3. The Morgan fingerprint density at radius 3 is 2.33 bits per heavy atom. The summed E-state index contributed by atoms with van der Waals surface area (Å²) < 4.78 is 3.41. The average molecular weight is 210 g/mol. The summed E-state index contributed by atoms with van der Waals surface area (Å²) in [7, 11) is 1.79. The van der Waals surface area contributed by atoms with E-state index < -0.39 is 0 Å². The van der Waals surface area contributed by atoms with Crippen molar-refractivity contribution in [3.63, 3.8) is 0 Å². The van der Waals surface area contributed by atoms with Crippen molar-refractivity contribution in [2.45, 2.75) is 52.0 Å². The highest BCUT2D eigenvalue weighted by molar-refractivity contribution is 4.79. The second-order valence-electron chi connectivity index (χ2n) is 4.15. The van der Waals surface area contributed by atoms with Crippen LogP contribution >= 0.6 is 0 Å². The molecule has 1 aromatic rings. The number of hydrogen-bond donors (Lipinski definition) is 0. The molecule has 86 valence electrons. The number of imidazole rings is 1. The topological polar surface area (TPSA) is 26.9 Å². The van der Waals surface area contributed by atoms with Gasteiger partial charge < -0.3 is 4.57 Å². The van der Waals surface area contributed by atoms with Crippen LogP contribution in [-0.2, 0) is 13.6 Å². The van der Waals surface area contributed by atoms with Crippen molar-refractivity contribution in [3.8, 4) is 0 Å². The smallest absolute Gasteiger partial charge is 0.302 e. The standard InChI is InChI=1S/C12H22N2O/c1-3-4-5-6-7-8-9-14-11-10-13(2)12(14)15/h10-11H,3-9H2,1-2H3. The third-order valence-electron chi connectivity index (χ3n) is 2.77. The number of rotatable bonds is 7. The molecule has 0 saturated heterocycles. The Bertz CT molecular complexity index is 325. The summed E-state index contributed by atoms with van der Waals surface area (Å²) in [5.41, 5.74) is 0.101. The maximum Gasteiger partial charge on any atom is 0.327 e. The van der Waals surface area contributed by atoms with Crippen molar-refractivity contribution in [1.29, 1.82) is 0 Å². The molecule has 0 spiro atoms. The SMILES string of the molecule is CCCCCCCCn1ccn(C)c1=O. The van der Waals surface area contributed by atoms with E-state index >= 15 is 0 Å². The molecule has 0 saturated carbocycles. The fourth-order valence-corrected chi connectivity index (χ4v) is 1.74. The third-order valence-corrected chi connectivity index (χ3v) is 2.77. The number of hydrogen-bond acceptors (Lipinski definition) is 1. The predicted octanol–water partition coefficient (Wildman–Crippen LogP) is 2.55. The monoisotopic (exact) mass is 210 g/mol. The molecule has 1 heterocycles. The van der Waals surface area contributed by atoms with E-state index in [1.807, 2.05) is 12.4 Å². The molecule has 0 aromatic carbocycles. The maximum atomic E-state index is 11.5. The Hall–Kier alpha value is -0.990. The Morgan fingerprint density at radius 2 is 1.73 bits per heavy atom. The van der Waals surface area contributed by atoms with E-state index in [1.54, 1.807) is 16.2 Å². The summed E-state index contributed by atoms with van der Waals surface area (Å²) in [5.74, 6) is 0. The van der Waals surface area contributed by atoms with Gasteiger partial charge in [-0.3, -0.25) is 4.57 Å². The number of aromatic nitrogens is 2. The van der Waals surface area contributed by atoms with Crippen molar-refractivity contribution in [3.05, 3.63) is 22.9 Å². The van der Waals surface area contributed by atoms with Crippen LogP contribution < -0.4 is 5.69 Å². The zero-order valence-electron chi connectivity index (χ0n) is 9.91. The number of unbranched alkanes of at least 4 members (excludes halogenated alkanes) is 5. The largest absolute Gasteiger partial charge is 0.327 e. The van der Waals surface area contributed by atoms with Crippen LogP contribution in [0.3, 0.4) is 0 Å². The second kappa shape index (κ2) is 6.49. The molecular formula is C12H22N2O. The van der Waals surface area contributed by atoms with E-state index in [9.17, 15) is 4.79 Å². The third kappa shape index (κ3) is 3.94. The minimum Gasteiger partial charge on any atom is -0.302 e. The molecule has 0 atom stereocenters. The quantitative estimate of drug-likeness (QED) is 0.635. The molecule has 15 heavy (non-hydrogen) atoms. The van der Waals surface area contributed by atoms with E-state index in [0.29, 0.717) is 0 Å². The highest BCUT2D eigenvalue weighted by Crippen LogP contribution is 2.05. The summed E-state index contributed by atoms with van der Waals surface area (Å²) >= 11 is 0. The van der Waals surface area contributed by atoms with Crippen molar-refractivity contribution in [1.82, 2.24) is 9.13 Å². The van der Waals surface area contributed by atoms with Gasteiger partial charge in [0.15, 0.2) is 0 Å². The molecule has 0 radical (unpaired) electrons. The van der Waals surface area contributed by atoms with Crippen LogP contribution in [0.15, 0.2) is 17.2 Å². The molecule has 0 aliphatic carbocycles. The first-order valence-electron chi connectivity index (χ1n) is 5.97. The zero-order valence-corrected chi connectivity index (χ0v) is 9.91. The van der Waals surface area contributed by atoms with Gasteiger partial charge in [-0.25, -0.2) is 4.79 Å². The lowest BCUT2D eigenvalue weighted by atomic mass is 10.1. The molecule has 0 fully saturated rings. The van der Waals surface area contributed by atoms with Crippen molar-refractivity contribution >= 4 is 0 Å². The normalized spacial score (nSPS) is 10.8. The van der Waals surface area contributed by atoms with Crippen molar-refractivity contribution in [2.75, 3.05) is 0 Å². The first kappa shape index (κ1) is 12.1. The van der Waals surface area contributed by atoms with Gasteiger partial charge in [-0.2, -0.15) is 0 Å². The Morgan fingerprint density at radius 1 is 1.07 bits per heavy atom. The lowest BCUT2D eigenvalue weighted by Crippen LogP contribution is -2.21. The molecule has 0 bridgehead atoms. The highest BCUT2D eigenvalue weighted by atomic mass is 16.1. The van der Waals surface area contributed by atoms with Gasteiger partial charge in [-0.15, -0.1) is 0 Å². The van der Waals surface area contributed by atoms with E-state index in [-0.39, 0.29) is 5.69 Å². The van der Waals surface area contributed by atoms with Crippen LogP contribution in [0, 0.1) is 0 Å². The van der Waals surface area contributed by atoms with Crippen molar-refractivity contribution in [2.24, 2.45) is 7.05 Å². The van der Waals surface area contributed by atoms with Crippen LogP contribution in [0.2, 0.25) is 0 Å². The number of nitrogens with zero attached hydrogens (tertiary/aromatic N) is 2. The second-order valence-corrected chi connectivity index (χ2v) is 4.15. The van der Waals surface area contributed by atoms with Gasteiger partial charge in [0.25, 0.3) is 0 Å². The van der Waals surface area contributed by atoms with Gasteiger partial charge in [0, 0.05) is 26.0 Å². The van der Waals surface area contributed by atoms with E-state index in [2.05, 4.69) is 6.92 Å². The van der Waals surface area contributed by atoms with Gasteiger partial charge in [0.05, 0.1) is 0 Å². The van der Waals surface area contributed by atoms with Gasteiger partial charge in [-0.1, -0.05) is 39.0 Å². The van der Waals surface area contributed by atoms with E-state index in [4.69, 9.17) is 0 Å². The minimum atomic E-state index is 0.101. The molecule has 1 rings (SSSR count). The molecule has 1 aromatic heterocycles. The van der Waals surface area contributed by atoms with Crippen molar-refractivity contribution < 1.29 is 0 Å². The Balaban J connectivity index is 2.15. The molecule has 0 aliphatic rings. The van der Waals surface area contributed by atoms with Crippen LogP contribution in [-0.4, -0.2) is 9.13 Å². The van der Waals surface area contributed by atoms with Crippen LogP contribution in [0.4, 0.5) is 0 Å². The average Bonchev–Trinajstić information content (AvgIpc) is 2.54. The zero-order chi connectivity index (χ0) is 11.1. The van der Waals surface area contributed by atoms with Gasteiger partial charge >= 0.3 is 5.69 Å². The summed E-state index contributed by atoms with van der Waals surface area (Å²) in [6.45, 7) is 3.09. The van der Waals surface area contributed by atoms with Gasteiger partial charge in [0.1, 0.15) is 0 Å². The molecule has 0 unspecified atom stereocenters. The summed E-state index contributed by atoms with van der Waals surface area (Å²) in [4.78, 5) is 11.5. The first-order chi connectivity index (χ1) is 7.25. The lowest BCUT2D eigenvalue weighted by Gasteiger charge is -2.01. The Labute approximate surface area is 91.7 Å². The maximum absolute atomic E-state index is 11.5. The van der Waals surface area contributed by atoms with Crippen LogP contribution in [0.25, 0.3) is 0 Å². The van der Waals surface area contributed by atoms with E-state index in [0.717, 1.165) is 13.0 Å². The summed E-state index contributed by atoms with van der Waals surface area (Å²) in [5, 5.41) is 0. The van der Waals surface area contributed by atoms with Crippen LogP contribution in [0.1, 0.15) is 45.4 Å². The molecule has 0 N–H and O–H groups in total. The fraction of sp³-hybridized carbons (Fsp3) is 0.750. The Kier molecular flexibility index (Phi) is 5.22. The molecule has 3 nitrogen and oxygen atoms in total. The molecule has 3 heteroatoms. The number of aryl methyl sites for hydroxylation is 2. The first-order valence-corrected chi connectivity index (χ1v) is 5.97. The fourth-order valence-electron chi connectivity index (χ4n) is 1.74. The van der Waals surface area contributed by atoms with Gasteiger partial charge in [-0.05, 0) is 6.42 Å². The highest BCUT2D eigenvalue weighted by Gasteiger charge is 1.98. The van der Waals surface area contributed by atoms with E-state index in [1.165, 1.54) is 32.1 Å².